The number of rotatable bonds is 2. The van der Waals surface area contributed by atoms with Crippen LogP contribution in [0, 0.1) is 5.92 Å². The van der Waals surface area contributed by atoms with E-state index in [4.69, 9.17) is 4.74 Å². The van der Waals surface area contributed by atoms with Crippen molar-refractivity contribution < 1.29 is 9.53 Å². The number of aromatic nitrogens is 1. The van der Waals surface area contributed by atoms with Gasteiger partial charge in [-0.25, -0.2) is 0 Å². The molecular weight excluding hydrogens is 250 g/mol. The van der Waals surface area contributed by atoms with Gasteiger partial charge in [0.25, 0.3) is 0 Å². The van der Waals surface area contributed by atoms with Crippen molar-refractivity contribution in [2.24, 2.45) is 5.92 Å². The molecule has 2 unspecified atom stereocenters. The van der Waals surface area contributed by atoms with Crippen LogP contribution in [0.25, 0.3) is 10.8 Å². The van der Waals surface area contributed by atoms with Gasteiger partial charge in [0.15, 0.2) is 5.78 Å². The number of pyridine rings is 1. The minimum atomic E-state index is 0.139. The van der Waals surface area contributed by atoms with Crippen molar-refractivity contribution in [1.82, 2.24) is 4.98 Å². The largest absolute Gasteiger partial charge is 0.375 e. The van der Waals surface area contributed by atoms with Crippen LogP contribution < -0.4 is 0 Å². The fraction of sp³-hybridized carbons (Fsp3) is 0.412. The highest BCUT2D eigenvalue weighted by Gasteiger charge is 2.38. The van der Waals surface area contributed by atoms with E-state index in [0.29, 0.717) is 12.2 Å². The van der Waals surface area contributed by atoms with Gasteiger partial charge in [-0.05, 0) is 43.2 Å². The third-order valence-electron chi connectivity index (χ3n) is 4.59. The summed E-state index contributed by atoms with van der Waals surface area (Å²) in [6.07, 6.45) is 8.26. The molecule has 0 radical (unpaired) electrons. The summed E-state index contributed by atoms with van der Waals surface area (Å²) < 4.78 is 5.82. The number of hydrogen-bond acceptors (Lipinski definition) is 3. The summed E-state index contributed by atoms with van der Waals surface area (Å²) in [5, 5.41) is 2.16. The van der Waals surface area contributed by atoms with Gasteiger partial charge in [0, 0.05) is 29.3 Å². The number of hydrogen-bond donors (Lipinski definition) is 0. The zero-order valence-electron chi connectivity index (χ0n) is 11.3. The second-order valence-electron chi connectivity index (χ2n) is 5.93. The van der Waals surface area contributed by atoms with Gasteiger partial charge in [0.1, 0.15) is 0 Å². The Labute approximate surface area is 118 Å². The number of Topliss-reactive ketones (excluding diaryl/α,β-unsaturated/α-hetero) is 1. The maximum absolute atomic E-state index is 12.7. The second kappa shape index (κ2) is 4.67. The van der Waals surface area contributed by atoms with Crippen LogP contribution in [0.4, 0.5) is 0 Å². The first-order valence-electron chi connectivity index (χ1n) is 7.33. The normalized spacial score (nSPS) is 28.7. The predicted octanol–water partition coefficient (Wildman–Crippen LogP) is 3.38. The summed E-state index contributed by atoms with van der Waals surface area (Å²) >= 11 is 0. The topological polar surface area (TPSA) is 39.2 Å². The van der Waals surface area contributed by atoms with E-state index in [2.05, 4.69) is 4.98 Å². The summed E-state index contributed by atoms with van der Waals surface area (Å²) in [6, 6.07) is 7.88. The van der Waals surface area contributed by atoms with E-state index < -0.39 is 0 Å². The number of carbonyl (C=O) groups is 1. The van der Waals surface area contributed by atoms with Gasteiger partial charge in [0.2, 0.25) is 0 Å². The molecule has 3 nitrogen and oxygen atoms in total. The SMILES string of the molecule is O=C(c1ccc2cnccc2c1)C1CC2CCC(C1)O2. The monoisotopic (exact) mass is 267 g/mol. The van der Waals surface area contributed by atoms with E-state index in [9.17, 15) is 4.79 Å². The third-order valence-corrected chi connectivity index (χ3v) is 4.59. The molecule has 0 amide bonds. The summed E-state index contributed by atoms with van der Waals surface area (Å²) in [6.45, 7) is 0. The number of carbonyl (C=O) groups excluding carboxylic acids is 1. The summed E-state index contributed by atoms with van der Waals surface area (Å²) in [7, 11) is 0. The molecule has 1 aromatic heterocycles. The molecule has 0 aliphatic carbocycles. The molecule has 2 bridgehead atoms. The Morgan fingerprint density at radius 3 is 2.70 bits per heavy atom. The summed E-state index contributed by atoms with van der Waals surface area (Å²) in [5.74, 6) is 0.421. The van der Waals surface area contributed by atoms with Crippen LogP contribution in [0.5, 0.6) is 0 Å². The van der Waals surface area contributed by atoms with Gasteiger partial charge in [-0.3, -0.25) is 9.78 Å². The van der Waals surface area contributed by atoms with Crippen LogP contribution in [0.15, 0.2) is 36.7 Å². The molecular formula is C17H17NO2. The van der Waals surface area contributed by atoms with Crippen molar-refractivity contribution in [3.63, 3.8) is 0 Å². The minimum Gasteiger partial charge on any atom is -0.375 e. The molecule has 3 heterocycles. The number of benzene rings is 1. The number of nitrogens with zero attached hydrogens (tertiary/aromatic N) is 1. The van der Waals surface area contributed by atoms with Crippen molar-refractivity contribution >= 4 is 16.6 Å². The summed E-state index contributed by atoms with van der Waals surface area (Å²) in [5.41, 5.74) is 0.829. The predicted molar refractivity (Wildman–Crippen MR) is 76.7 cm³/mol. The van der Waals surface area contributed by atoms with E-state index >= 15 is 0 Å². The molecule has 3 heteroatoms. The average Bonchev–Trinajstić information content (AvgIpc) is 2.84. The molecule has 2 fully saturated rings. The first kappa shape index (κ1) is 12.0. The van der Waals surface area contributed by atoms with E-state index in [1.807, 2.05) is 30.5 Å². The van der Waals surface area contributed by atoms with Crippen molar-refractivity contribution in [2.75, 3.05) is 0 Å². The summed E-state index contributed by atoms with van der Waals surface area (Å²) in [4.78, 5) is 16.8. The first-order chi connectivity index (χ1) is 9.79. The average molecular weight is 267 g/mol. The van der Waals surface area contributed by atoms with Crippen LogP contribution in [-0.4, -0.2) is 23.0 Å². The minimum absolute atomic E-state index is 0.139. The van der Waals surface area contributed by atoms with Crippen molar-refractivity contribution in [2.45, 2.75) is 37.9 Å². The first-order valence-corrected chi connectivity index (χ1v) is 7.33. The number of ketones is 1. The maximum atomic E-state index is 12.7. The van der Waals surface area contributed by atoms with Crippen molar-refractivity contribution in [3.05, 3.63) is 42.2 Å². The third kappa shape index (κ3) is 2.02. The number of fused-ring (bicyclic) bond motifs is 3. The van der Waals surface area contributed by atoms with Gasteiger partial charge in [0.05, 0.1) is 12.2 Å². The number of ether oxygens (including phenoxy) is 1. The van der Waals surface area contributed by atoms with Gasteiger partial charge in [-0.1, -0.05) is 12.1 Å². The molecule has 2 aromatic rings. The van der Waals surface area contributed by atoms with E-state index in [1.54, 1.807) is 6.20 Å². The lowest BCUT2D eigenvalue weighted by Crippen LogP contribution is -2.30. The van der Waals surface area contributed by atoms with E-state index in [-0.39, 0.29) is 11.7 Å². The molecule has 102 valence electrons. The highest BCUT2D eigenvalue weighted by atomic mass is 16.5. The van der Waals surface area contributed by atoms with Crippen LogP contribution in [-0.2, 0) is 4.74 Å². The van der Waals surface area contributed by atoms with Crippen LogP contribution >= 0.6 is 0 Å². The highest BCUT2D eigenvalue weighted by Crippen LogP contribution is 2.37. The van der Waals surface area contributed by atoms with Crippen molar-refractivity contribution in [1.29, 1.82) is 0 Å². The van der Waals surface area contributed by atoms with Gasteiger partial charge >= 0.3 is 0 Å². The molecule has 2 aliphatic rings. The van der Waals surface area contributed by atoms with E-state index in [1.165, 1.54) is 0 Å². The smallest absolute Gasteiger partial charge is 0.166 e. The maximum Gasteiger partial charge on any atom is 0.166 e. The standard InChI is InChI=1S/C17H17NO2/c19-17(14-8-15-3-4-16(9-14)20-15)12-1-2-13-10-18-6-5-11(13)7-12/h1-2,5-7,10,14-16H,3-4,8-9H2. The molecule has 0 saturated carbocycles. The molecule has 2 aliphatic heterocycles. The zero-order chi connectivity index (χ0) is 13.5. The molecule has 2 saturated heterocycles. The molecule has 0 N–H and O–H groups in total. The Bertz CT molecular complexity index is 655. The lowest BCUT2D eigenvalue weighted by molar-refractivity contribution is -0.0149. The van der Waals surface area contributed by atoms with Gasteiger partial charge < -0.3 is 4.74 Å². The Morgan fingerprint density at radius 2 is 1.90 bits per heavy atom. The molecule has 20 heavy (non-hydrogen) atoms. The Balaban J connectivity index is 1.63. The van der Waals surface area contributed by atoms with Crippen LogP contribution in [0.1, 0.15) is 36.0 Å². The Morgan fingerprint density at radius 1 is 1.10 bits per heavy atom. The van der Waals surface area contributed by atoms with Crippen LogP contribution in [0.2, 0.25) is 0 Å². The Hall–Kier alpha value is -1.74. The fourth-order valence-electron chi connectivity index (χ4n) is 3.54. The molecule has 1 aromatic carbocycles. The zero-order valence-corrected chi connectivity index (χ0v) is 11.3. The molecule has 0 spiro atoms. The lowest BCUT2D eigenvalue weighted by Gasteiger charge is -2.27. The van der Waals surface area contributed by atoms with Gasteiger partial charge in [-0.15, -0.1) is 0 Å². The highest BCUT2D eigenvalue weighted by molar-refractivity contribution is 6.01. The lowest BCUT2D eigenvalue weighted by atomic mass is 9.87. The van der Waals surface area contributed by atoms with Crippen LogP contribution in [0.3, 0.4) is 0 Å². The van der Waals surface area contributed by atoms with E-state index in [0.717, 1.165) is 42.0 Å². The van der Waals surface area contributed by atoms with Gasteiger partial charge in [-0.2, -0.15) is 0 Å². The molecule has 4 rings (SSSR count). The molecule has 2 atom stereocenters. The quantitative estimate of drug-likeness (QED) is 0.783. The fourth-order valence-corrected chi connectivity index (χ4v) is 3.54. The second-order valence-corrected chi connectivity index (χ2v) is 5.93. The van der Waals surface area contributed by atoms with Crippen molar-refractivity contribution in [3.8, 4) is 0 Å². The Kier molecular flexibility index (Phi) is 2.81.